The zero-order valence-electron chi connectivity index (χ0n) is 14.6. The average molecular weight is 368 g/mol. The third-order valence-electron chi connectivity index (χ3n) is 4.44. The molecular formula is C20H20N2O3S. The lowest BCUT2D eigenvalue weighted by molar-refractivity contribution is 0.0672. The molecule has 0 saturated carbocycles. The standard InChI is InChI=1S/C20H20N2O3S/c1-22(20-21-16-9-3-5-11-18(16)26-20)19(23)15-8-2-4-10-17(15)25-13-14-7-6-12-24-14/h2-5,8-11,14H,6-7,12-13H2,1H3. The summed E-state index contributed by atoms with van der Waals surface area (Å²) < 4.78 is 12.6. The number of carbonyl (C=O) groups is 1. The molecule has 1 unspecified atom stereocenters. The van der Waals surface area contributed by atoms with Crippen LogP contribution >= 0.6 is 11.3 Å². The van der Waals surface area contributed by atoms with E-state index < -0.39 is 0 Å². The number of benzene rings is 2. The van der Waals surface area contributed by atoms with Gasteiger partial charge in [-0.05, 0) is 37.1 Å². The fourth-order valence-corrected chi connectivity index (χ4v) is 3.92. The number of hydrogen-bond acceptors (Lipinski definition) is 5. The van der Waals surface area contributed by atoms with Crippen molar-refractivity contribution in [1.82, 2.24) is 4.98 Å². The highest BCUT2D eigenvalue weighted by Gasteiger charge is 2.22. The quantitative estimate of drug-likeness (QED) is 0.679. The second-order valence-corrected chi connectivity index (χ2v) is 7.28. The highest BCUT2D eigenvalue weighted by Crippen LogP contribution is 2.30. The first-order chi connectivity index (χ1) is 12.7. The van der Waals surface area contributed by atoms with Crippen LogP contribution in [0.5, 0.6) is 5.75 Å². The fourth-order valence-electron chi connectivity index (χ4n) is 3.00. The lowest BCUT2D eigenvalue weighted by Crippen LogP contribution is -2.27. The minimum absolute atomic E-state index is 0.111. The second kappa shape index (κ2) is 7.43. The van der Waals surface area contributed by atoms with Gasteiger partial charge in [0.25, 0.3) is 5.91 Å². The van der Waals surface area contributed by atoms with Gasteiger partial charge in [0.1, 0.15) is 12.4 Å². The molecule has 4 rings (SSSR count). The van der Waals surface area contributed by atoms with Crippen molar-refractivity contribution in [3.63, 3.8) is 0 Å². The maximum atomic E-state index is 13.0. The Hall–Kier alpha value is -2.44. The molecule has 1 saturated heterocycles. The molecule has 2 aromatic carbocycles. The number of nitrogens with zero attached hydrogens (tertiary/aromatic N) is 2. The van der Waals surface area contributed by atoms with E-state index in [1.807, 2.05) is 42.5 Å². The predicted octanol–water partition coefficient (Wildman–Crippen LogP) is 4.13. The number of amides is 1. The molecule has 0 N–H and O–H groups in total. The van der Waals surface area contributed by atoms with Gasteiger partial charge in [0.05, 0.1) is 21.9 Å². The van der Waals surface area contributed by atoms with Crippen molar-refractivity contribution in [2.45, 2.75) is 18.9 Å². The molecule has 1 aliphatic heterocycles. The number of rotatable bonds is 5. The Bertz CT molecular complexity index is 885. The van der Waals surface area contributed by atoms with Crippen molar-refractivity contribution >= 4 is 32.6 Å². The summed E-state index contributed by atoms with van der Waals surface area (Å²) >= 11 is 1.50. The summed E-state index contributed by atoms with van der Waals surface area (Å²) in [5, 5.41) is 0.671. The molecule has 5 nitrogen and oxygen atoms in total. The second-order valence-electron chi connectivity index (χ2n) is 6.27. The average Bonchev–Trinajstić information content (AvgIpc) is 3.34. The van der Waals surface area contributed by atoms with Crippen LogP contribution in [0, 0.1) is 0 Å². The van der Waals surface area contributed by atoms with Gasteiger partial charge < -0.3 is 9.47 Å². The highest BCUT2D eigenvalue weighted by molar-refractivity contribution is 7.22. The summed E-state index contributed by atoms with van der Waals surface area (Å²) in [6.45, 7) is 1.25. The fraction of sp³-hybridized carbons (Fsp3) is 0.300. The zero-order chi connectivity index (χ0) is 17.9. The molecule has 134 valence electrons. The van der Waals surface area contributed by atoms with E-state index in [2.05, 4.69) is 4.98 Å². The van der Waals surface area contributed by atoms with Crippen molar-refractivity contribution in [3.05, 3.63) is 54.1 Å². The number of para-hydroxylation sites is 2. The van der Waals surface area contributed by atoms with Crippen LogP contribution in [0.4, 0.5) is 5.13 Å². The number of thiazole rings is 1. The first-order valence-corrected chi connectivity index (χ1v) is 9.51. The summed E-state index contributed by atoms with van der Waals surface area (Å²) in [5.74, 6) is 0.452. The smallest absolute Gasteiger partial charge is 0.263 e. The molecule has 1 aliphatic rings. The van der Waals surface area contributed by atoms with Gasteiger partial charge in [-0.3, -0.25) is 9.69 Å². The maximum Gasteiger partial charge on any atom is 0.263 e. The summed E-state index contributed by atoms with van der Waals surface area (Å²) in [5.41, 5.74) is 1.43. The van der Waals surface area contributed by atoms with E-state index in [9.17, 15) is 4.79 Å². The van der Waals surface area contributed by atoms with Gasteiger partial charge in [-0.25, -0.2) is 4.98 Å². The Morgan fingerprint density at radius 2 is 2.08 bits per heavy atom. The molecule has 6 heteroatoms. The molecule has 26 heavy (non-hydrogen) atoms. The Balaban J connectivity index is 1.54. The van der Waals surface area contributed by atoms with Crippen LogP contribution in [0.1, 0.15) is 23.2 Å². The minimum Gasteiger partial charge on any atom is -0.490 e. The third-order valence-corrected chi connectivity index (χ3v) is 5.55. The summed E-state index contributed by atoms with van der Waals surface area (Å²) in [4.78, 5) is 19.2. The van der Waals surface area contributed by atoms with Gasteiger partial charge in [-0.15, -0.1) is 0 Å². The molecule has 2 heterocycles. The van der Waals surface area contributed by atoms with Crippen molar-refractivity contribution in [1.29, 1.82) is 0 Å². The summed E-state index contributed by atoms with van der Waals surface area (Å²) in [6.07, 6.45) is 2.18. The molecule has 1 atom stereocenters. The lowest BCUT2D eigenvalue weighted by atomic mass is 10.2. The first-order valence-electron chi connectivity index (χ1n) is 8.69. The van der Waals surface area contributed by atoms with E-state index in [-0.39, 0.29) is 12.0 Å². The normalized spacial score (nSPS) is 16.7. The largest absolute Gasteiger partial charge is 0.490 e. The van der Waals surface area contributed by atoms with Gasteiger partial charge >= 0.3 is 0 Å². The van der Waals surface area contributed by atoms with E-state index in [1.165, 1.54) is 11.3 Å². The molecule has 1 fully saturated rings. The SMILES string of the molecule is CN(C(=O)c1ccccc1OCC1CCCO1)c1nc2ccccc2s1. The van der Waals surface area contributed by atoms with E-state index in [1.54, 1.807) is 18.0 Å². The minimum atomic E-state index is -0.132. The number of aromatic nitrogens is 1. The van der Waals surface area contributed by atoms with Crippen LogP contribution in [-0.4, -0.2) is 37.3 Å². The zero-order valence-corrected chi connectivity index (χ0v) is 15.4. The van der Waals surface area contributed by atoms with Crippen LogP contribution < -0.4 is 9.64 Å². The first kappa shape index (κ1) is 17.0. The maximum absolute atomic E-state index is 13.0. The van der Waals surface area contributed by atoms with Crippen LogP contribution in [0.2, 0.25) is 0 Å². The van der Waals surface area contributed by atoms with Crippen LogP contribution in [0.3, 0.4) is 0 Å². The number of fused-ring (bicyclic) bond motifs is 1. The Morgan fingerprint density at radius 1 is 1.27 bits per heavy atom. The number of anilines is 1. The number of ether oxygens (including phenoxy) is 2. The van der Waals surface area contributed by atoms with E-state index in [4.69, 9.17) is 9.47 Å². The van der Waals surface area contributed by atoms with Gasteiger partial charge in [0, 0.05) is 13.7 Å². The number of hydrogen-bond donors (Lipinski definition) is 0. The van der Waals surface area contributed by atoms with Crippen LogP contribution in [0.15, 0.2) is 48.5 Å². The van der Waals surface area contributed by atoms with Crippen molar-refractivity contribution in [2.75, 3.05) is 25.2 Å². The van der Waals surface area contributed by atoms with Crippen LogP contribution in [0.25, 0.3) is 10.2 Å². The molecule has 0 aliphatic carbocycles. The molecule has 0 bridgehead atoms. The molecule has 0 spiro atoms. The van der Waals surface area contributed by atoms with E-state index in [0.29, 0.717) is 23.1 Å². The van der Waals surface area contributed by atoms with Crippen molar-refractivity contribution in [2.24, 2.45) is 0 Å². The third kappa shape index (κ3) is 3.43. The molecule has 1 amide bonds. The summed E-state index contributed by atoms with van der Waals surface area (Å²) in [7, 11) is 1.75. The lowest BCUT2D eigenvalue weighted by Gasteiger charge is -2.18. The molecule has 1 aromatic heterocycles. The Labute approximate surface area is 156 Å². The molecule has 0 radical (unpaired) electrons. The predicted molar refractivity (Wildman–Crippen MR) is 103 cm³/mol. The summed E-state index contributed by atoms with van der Waals surface area (Å²) in [6, 6.07) is 15.2. The Kier molecular flexibility index (Phi) is 4.86. The molecule has 3 aromatic rings. The van der Waals surface area contributed by atoms with Crippen molar-refractivity contribution < 1.29 is 14.3 Å². The highest BCUT2D eigenvalue weighted by atomic mass is 32.1. The Morgan fingerprint density at radius 3 is 2.88 bits per heavy atom. The molecular weight excluding hydrogens is 348 g/mol. The monoisotopic (exact) mass is 368 g/mol. The topological polar surface area (TPSA) is 51.7 Å². The van der Waals surface area contributed by atoms with E-state index in [0.717, 1.165) is 29.7 Å². The van der Waals surface area contributed by atoms with Gasteiger partial charge in [-0.2, -0.15) is 0 Å². The number of carbonyl (C=O) groups excluding carboxylic acids is 1. The van der Waals surface area contributed by atoms with Crippen LogP contribution in [-0.2, 0) is 4.74 Å². The van der Waals surface area contributed by atoms with Crippen molar-refractivity contribution in [3.8, 4) is 5.75 Å². The van der Waals surface area contributed by atoms with E-state index >= 15 is 0 Å². The van der Waals surface area contributed by atoms with Gasteiger partial charge in [-0.1, -0.05) is 35.6 Å². The van der Waals surface area contributed by atoms with Gasteiger partial charge in [0.2, 0.25) is 0 Å². The van der Waals surface area contributed by atoms with Gasteiger partial charge in [0.15, 0.2) is 5.13 Å².